The Morgan fingerprint density at radius 3 is 2.63 bits per heavy atom. The van der Waals surface area contributed by atoms with Crippen molar-refractivity contribution in [2.75, 3.05) is 11.1 Å². The van der Waals surface area contributed by atoms with Crippen LogP contribution in [0.25, 0.3) is 0 Å². The molecule has 2 amide bonds. The van der Waals surface area contributed by atoms with Gasteiger partial charge in [0.25, 0.3) is 0 Å². The van der Waals surface area contributed by atoms with Crippen LogP contribution in [0.1, 0.15) is 6.92 Å². The molecule has 0 aromatic heterocycles. The number of rotatable bonds is 2. The summed E-state index contributed by atoms with van der Waals surface area (Å²) >= 11 is 3.65. The van der Waals surface area contributed by atoms with Gasteiger partial charge < -0.3 is 10.4 Å². The molecule has 1 aliphatic heterocycles. The molecule has 1 saturated heterocycles. The van der Waals surface area contributed by atoms with E-state index in [1.807, 2.05) is 19.1 Å². The summed E-state index contributed by atoms with van der Waals surface area (Å²) in [6.45, 7) is 1.83. The highest BCUT2D eigenvalue weighted by Gasteiger charge is 2.39. The summed E-state index contributed by atoms with van der Waals surface area (Å²) in [6, 6.07) is 6.22. The number of carbonyl (C=O) groups is 2. The summed E-state index contributed by atoms with van der Waals surface area (Å²) in [5, 5.41) is 11.7. The molecule has 2 N–H and O–H groups in total. The Kier molecular flexibility index (Phi) is 4.56. The number of hydrogen-bond donors (Lipinski definition) is 2. The van der Waals surface area contributed by atoms with E-state index in [9.17, 15) is 9.59 Å². The zero-order chi connectivity index (χ0) is 14.0. The summed E-state index contributed by atoms with van der Waals surface area (Å²) in [6.07, 6.45) is 0. The quantitative estimate of drug-likeness (QED) is 0.760. The number of halogens is 1. The van der Waals surface area contributed by atoms with Gasteiger partial charge in [-0.2, -0.15) is 0 Å². The van der Waals surface area contributed by atoms with Gasteiger partial charge in [-0.05, 0) is 53.8 Å². The monoisotopic (exact) mass is 392 g/mol. The van der Waals surface area contributed by atoms with E-state index in [1.165, 1.54) is 16.7 Å². The van der Waals surface area contributed by atoms with Gasteiger partial charge in [0.15, 0.2) is 0 Å². The van der Waals surface area contributed by atoms with Gasteiger partial charge in [0, 0.05) is 15.0 Å². The van der Waals surface area contributed by atoms with E-state index in [-0.39, 0.29) is 11.4 Å². The van der Waals surface area contributed by atoms with Crippen molar-refractivity contribution in [2.24, 2.45) is 0 Å². The van der Waals surface area contributed by atoms with Crippen molar-refractivity contribution in [3.05, 3.63) is 27.8 Å². The Hall–Kier alpha value is -0.960. The fraction of sp³-hybridized carbons (Fsp3) is 0.333. The first-order valence-electron chi connectivity index (χ1n) is 5.68. The normalized spacial score (nSPS) is 22.3. The molecule has 0 radical (unpaired) electrons. The lowest BCUT2D eigenvalue weighted by Crippen LogP contribution is -2.46. The van der Waals surface area contributed by atoms with Crippen LogP contribution < -0.4 is 5.32 Å². The third-order valence-electron chi connectivity index (χ3n) is 2.84. The molecule has 0 spiro atoms. The zero-order valence-electron chi connectivity index (χ0n) is 10.2. The van der Waals surface area contributed by atoms with E-state index in [2.05, 4.69) is 27.9 Å². The van der Waals surface area contributed by atoms with Crippen LogP contribution in [0.5, 0.6) is 0 Å². The Labute approximate surface area is 128 Å². The summed E-state index contributed by atoms with van der Waals surface area (Å²) in [7, 11) is 0. The number of amides is 2. The molecule has 102 valence electrons. The molecule has 1 aromatic rings. The van der Waals surface area contributed by atoms with Crippen LogP contribution >= 0.6 is 34.4 Å². The van der Waals surface area contributed by atoms with Gasteiger partial charge in [0.2, 0.25) is 0 Å². The molecule has 7 heteroatoms. The molecule has 2 rings (SSSR count). The van der Waals surface area contributed by atoms with Gasteiger partial charge in [-0.25, -0.2) is 9.59 Å². The van der Waals surface area contributed by atoms with Crippen LogP contribution in [-0.4, -0.2) is 39.2 Å². The van der Waals surface area contributed by atoms with Gasteiger partial charge in [-0.15, -0.1) is 11.8 Å². The average molecular weight is 392 g/mol. The van der Waals surface area contributed by atoms with Gasteiger partial charge >= 0.3 is 12.0 Å². The molecule has 1 heterocycles. The molecule has 0 aliphatic carbocycles. The highest BCUT2D eigenvalue weighted by Crippen LogP contribution is 2.29. The zero-order valence-corrected chi connectivity index (χ0v) is 13.1. The molecular weight excluding hydrogens is 379 g/mol. The molecule has 2 unspecified atom stereocenters. The minimum Gasteiger partial charge on any atom is -0.480 e. The van der Waals surface area contributed by atoms with E-state index >= 15 is 0 Å². The fourth-order valence-corrected chi connectivity index (χ4v) is 3.39. The summed E-state index contributed by atoms with van der Waals surface area (Å²) < 4.78 is 1.07. The maximum atomic E-state index is 12.2. The molecule has 1 aromatic carbocycles. The summed E-state index contributed by atoms with van der Waals surface area (Å²) in [5.41, 5.74) is 0.665. The van der Waals surface area contributed by atoms with E-state index in [4.69, 9.17) is 5.11 Å². The van der Waals surface area contributed by atoms with Gasteiger partial charge in [0.05, 0.1) is 5.37 Å². The fourth-order valence-electron chi connectivity index (χ4n) is 1.86. The maximum absolute atomic E-state index is 12.2. The summed E-state index contributed by atoms with van der Waals surface area (Å²) in [4.78, 5) is 24.7. The van der Waals surface area contributed by atoms with Gasteiger partial charge in [0.1, 0.15) is 6.04 Å². The number of urea groups is 1. The molecule has 2 atom stereocenters. The summed E-state index contributed by atoms with van der Waals surface area (Å²) in [5.74, 6) is -0.536. The molecule has 0 saturated carbocycles. The Morgan fingerprint density at radius 1 is 1.42 bits per heavy atom. The number of anilines is 1. The predicted molar refractivity (Wildman–Crippen MR) is 83.4 cm³/mol. The minimum absolute atomic E-state index is 0.134. The van der Waals surface area contributed by atoms with Crippen molar-refractivity contribution < 1.29 is 14.7 Å². The molecule has 1 fully saturated rings. The van der Waals surface area contributed by atoms with E-state index in [0.29, 0.717) is 11.4 Å². The Balaban J connectivity index is 2.10. The lowest BCUT2D eigenvalue weighted by molar-refractivity contribution is -0.141. The minimum atomic E-state index is -0.963. The van der Waals surface area contributed by atoms with E-state index in [1.54, 1.807) is 12.1 Å². The van der Waals surface area contributed by atoms with Crippen LogP contribution in [0.4, 0.5) is 10.5 Å². The highest BCUT2D eigenvalue weighted by molar-refractivity contribution is 14.1. The molecule has 19 heavy (non-hydrogen) atoms. The number of nitrogens with one attached hydrogen (secondary N) is 1. The second-order valence-electron chi connectivity index (χ2n) is 4.13. The molecule has 0 bridgehead atoms. The van der Waals surface area contributed by atoms with Gasteiger partial charge in [-0.3, -0.25) is 4.90 Å². The lowest BCUT2D eigenvalue weighted by Gasteiger charge is -2.25. The number of carbonyl (C=O) groups excluding carboxylic acids is 1. The number of aliphatic carboxylic acids is 1. The first-order valence-corrected chi connectivity index (χ1v) is 7.81. The van der Waals surface area contributed by atoms with Crippen LogP contribution in [0, 0.1) is 3.57 Å². The van der Waals surface area contributed by atoms with Crippen LogP contribution in [0.3, 0.4) is 0 Å². The molecule has 1 aliphatic rings. The first kappa shape index (κ1) is 14.4. The number of carboxylic acid groups (broad SMARTS) is 1. The topological polar surface area (TPSA) is 69.6 Å². The number of nitrogens with zero attached hydrogens (tertiary/aromatic N) is 1. The number of benzene rings is 1. The third kappa shape index (κ3) is 3.33. The van der Waals surface area contributed by atoms with Crippen molar-refractivity contribution in [3.63, 3.8) is 0 Å². The van der Waals surface area contributed by atoms with Gasteiger partial charge in [-0.1, -0.05) is 0 Å². The number of hydrogen-bond acceptors (Lipinski definition) is 3. The lowest BCUT2D eigenvalue weighted by atomic mass is 10.3. The standard InChI is InChI=1S/C12H13IN2O3S/c1-7-15(10(6-19-7)11(16)17)12(18)14-9-4-2-8(13)3-5-9/h2-5,7,10H,6H2,1H3,(H,14,18)(H,16,17). The predicted octanol–water partition coefficient (Wildman–Crippen LogP) is 2.67. The Bertz CT molecular complexity index is 494. The van der Waals surface area contributed by atoms with Crippen molar-refractivity contribution in [1.82, 2.24) is 4.90 Å². The third-order valence-corrected chi connectivity index (χ3v) is 4.77. The number of thioether (sulfide) groups is 1. The second kappa shape index (κ2) is 6.00. The van der Waals surface area contributed by atoms with E-state index < -0.39 is 12.0 Å². The van der Waals surface area contributed by atoms with Crippen LogP contribution in [0.15, 0.2) is 24.3 Å². The average Bonchev–Trinajstić information content (AvgIpc) is 2.74. The smallest absolute Gasteiger partial charge is 0.327 e. The van der Waals surface area contributed by atoms with Crippen LogP contribution in [-0.2, 0) is 4.79 Å². The largest absolute Gasteiger partial charge is 0.480 e. The molecule has 5 nitrogen and oxygen atoms in total. The first-order chi connectivity index (χ1) is 8.99. The highest BCUT2D eigenvalue weighted by atomic mass is 127. The van der Waals surface area contributed by atoms with Crippen molar-refractivity contribution in [2.45, 2.75) is 18.3 Å². The van der Waals surface area contributed by atoms with Crippen molar-refractivity contribution in [1.29, 1.82) is 0 Å². The molecular formula is C12H13IN2O3S. The second-order valence-corrected chi connectivity index (χ2v) is 6.73. The SMILES string of the molecule is CC1SCC(C(=O)O)N1C(=O)Nc1ccc(I)cc1. The maximum Gasteiger partial charge on any atom is 0.327 e. The van der Waals surface area contributed by atoms with Crippen molar-refractivity contribution in [3.8, 4) is 0 Å². The van der Waals surface area contributed by atoms with Crippen molar-refractivity contribution >= 4 is 52.0 Å². The number of carboxylic acids is 1. The van der Waals surface area contributed by atoms with Crippen LogP contribution in [0.2, 0.25) is 0 Å². The Morgan fingerprint density at radius 2 is 2.05 bits per heavy atom. The van der Waals surface area contributed by atoms with E-state index in [0.717, 1.165) is 3.57 Å².